The molecular weight excluding hydrogens is 165 g/mol. The minimum Gasteiger partial charge on any atom is -0.253 e. The molecule has 0 saturated carbocycles. The van der Waals surface area contributed by atoms with E-state index in [-0.39, 0.29) is 5.82 Å². The summed E-state index contributed by atoms with van der Waals surface area (Å²) in [6, 6.07) is 6.64. The molecule has 2 aromatic rings. The average molecular weight is 175 g/mol. The summed E-state index contributed by atoms with van der Waals surface area (Å²) >= 11 is 0. The van der Waals surface area contributed by atoms with Gasteiger partial charge in [-0.05, 0) is 43.7 Å². The second kappa shape index (κ2) is 2.80. The third-order valence-electron chi connectivity index (χ3n) is 2.11. The third kappa shape index (κ3) is 1.39. The lowest BCUT2D eigenvalue weighted by Gasteiger charge is -2.02. The number of benzene rings is 1. The van der Waals surface area contributed by atoms with Crippen LogP contribution in [0.3, 0.4) is 0 Å². The molecule has 0 spiro atoms. The Morgan fingerprint density at radius 3 is 2.69 bits per heavy atom. The second-order valence-corrected chi connectivity index (χ2v) is 3.24. The quantitative estimate of drug-likeness (QED) is 0.599. The maximum atomic E-state index is 12.9. The number of nitrogens with zero attached hydrogens (tertiary/aromatic N) is 1. The number of halogens is 1. The van der Waals surface area contributed by atoms with E-state index in [4.69, 9.17) is 0 Å². The van der Waals surface area contributed by atoms with Crippen LogP contribution >= 0.6 is 0 Å². The van der Waals surface area contributed by atoms with E-state index < -0.39 is 0 Å². The van der Waals surface area contributed by atoms with Crippen LogP contribution in [-0.2, 0) is 0 Å². The monoisotopic (exact) mass is 175 g/mol. The number of aromatic nitrogens is 1. The van der Waals surface area contributed by atoms with Crippen molar-refractivity contribution in [2.75, 3.05) is 0 Å². The first kappa shape index (κ1) is 8.17. The Balaban J connectivity index is 2.87. The minimum absolute atomic E-state index is 0.207. The summed E-state index contributed by atoms with van der Waals surface area (Å²) in [7, 11) is 0. The number of hydrogen-bond acceptors (Lipinski definition) is 1. The van der Waals surface area contributed by atoms with E-state index in [9.17, 15) is 4.39 Å². The van der Waals surface area contributed by atoms with Crippen molar-refractivity contribution >= 4 is 10.9 Å². The van der Waals surface area contributed by atoms with Gasteiger partial charge in [0, 0.05) is 11.1 Å². The lowest BCUT2D eigenvalue weighted by Crippen LogP contribution is -1.87. The van der Waals surface area contributed by atoms with Gasteiger partial charge in [0.05, 0.1) is 5.52 Å². The van der Waals surface area contributed by atoms with Crippen molar-refractivity contribution in [3.05, 3.63) is 41.3 Å². The molecule has 0 unspecified atom stereocenters. The van der Waals surface area contributed by atoms with Gasteiger partial charge >= 0.3 is 0 Å². The largest absolute Gasteiger partial charge is 0.253 e. The Hall–Kier alpha value is -1.44. The summed E-state index contributed by atoms with van der Waals surface area (Å²) in [5, 5.41) is 0.894. The van der Waals surface area contributed by atoms with E-state index in [1.54, 1.807) is 6.07 Å². The molecule has 2 rings (SSSR count). The van der Waals surface area contributed by atoms with Crippen LogP contribution in [0.2, 0.25) is 0 Å². The fourth-order valence-corrected chi connectivity index (χ4v) is 1.53. The highest BCUT2D eigenvalue weighted by atomic mass is 19.1. The topological polar surface area (TPSA) is 12.9 Å². The van der Waals surface area contributed by atoms with E-state index >= 15 is 0 Å². The SMILES string of the molecule is Cc1cc(C)c2cc(F)ccc2n1. The normalized spacial score (nSPS) is 10.7. The Bertz CT molecular complexity index is 463. The predicted octanol–water partition coefficient (Wildman–Crippen LogP) is 2.99. The standard InChI is InChI=1S/C11H10FN/c1-7-5-8(2)13-11-4-3-9(12)6-10(7)11/h3-6H,1-2H3. The fraction of sp³-hybridized carbons (Fsp3) is 0.182. The Kier molecular flexibility index (Phi) is 1.76. The molecular formula is C11H10FN. The summed E-state index contributed by atoms with van der Waals surface area (Å²) in [6.45, 7) is 3.91. The predicted molar refractivity (Wildman–Crippen MR) is 51.2 cm³/mol. The van der Waals surface area contributed by atoms with Crippen LogP contribution in [0.4, 0.5) is 4.39 Å². The maximum Gasteiger partial charge on any atom is 0.123 e. The molecule has 13 heavy (non-hydrogen) atoms. The number of pyridine rings is 1. The zero-order valence-corrected chi connectivity index (χ0v) is 7.63. The molecule has 0 bridgehead atoms. The molecule has 2 heteroatoms. The molecule has 0 saturated heterocycles. The first-order valence-electron chi connectivity index (χ1n) is 4.20. The van der Waals surface area contributed by atoms with Gasteiger partial charge in [0.15, 0.2) is 0 Å². The highest BCUT2D eigenvalue weighted by Crippen LogP contribution is 2.18. The van der Waals surface area contributed by atoms with Crippen molar-refractivity contribution in [2.24, 2.45) is 0 Å². The molecule has 0 fully saturated rings. The van der Waals surface area contributed by atoms with Crippen molar-refractivity contribution in [1.29, 1.82) is 0 Å². The number of rotatable bonds is 0. The highest BCUT2D eigenvalue weighted by Gasteiger charge is 2.00. The Morgan fingerprint density at radius 1 is 1.15 bits per heavy atom. The molecule has 0 aliphatic carbocycles. The van der Waals surface area contributed by atoms with E-state index in [1.807, 2.05) is 19.9 Å². The van der Waals surface area contributed by atoms with Gasteiger partial charge < -0.3 is 0 Å². The molecule has 0 aliphatic heterocycles. The van der Waals surface area contributed by atoms with Crippen LogP contribution < -0.4 is 0 Å². The highest BCUT2D eigenvalue weighted by molar-refractivity contribution is 5.82. The molecule has 0 radical (unpaired) electrons. The molecule has 0 N–H and O–H groups in total. The molecule has 0 amide bonds. The van der Waals surface area contributed by atoms with Crippen molar-refractivity contribution < 1.29 is 4.39 Å². The van der Waals surface area contributed by atoms with Crippen molar-refractivity contribution in [3.63, 3.8) is 0 Å². The van der Waals surface area contributed by atoms with Crippen LogP contribution in [-0.4, -0.2) is 4.98 Å². The molecule has 1 aromatic heterocycles. The summed E-state index contributed by atoms with van der Waals surface area (Å²) in [4.78, 5) is 4.31. The van der Waals surface area contributed by atoms with E-state index in [2.05, 4.69) is 4.98 Å². The van der Waals surface area contributed by atoms with Gasteiger partial charge in [0.1, 0.15) is 5.82 Å². The maximum absolute atomic E-state index is 12.9. The van der Waals surface area contributed by atoms with Gasteiger partial charge in [-0.25, -0.2) is 4.39 Å². The Labute approximate surface area is 76.2 Å². The molecule has 0 atom stereocenters. The van der Waals surface area contributed by atoms with Crippen LogP contribution in [0.15, 0.2) is 24.3 Å². The summed E-state index contributed by atoms with van der Waals surface area (Å²) in [6.07, 6.45) is 0. The van der Waals surface area contributed by atoms with Crippen LogP contribution in [0.1, 0.15) is 11.3 Å². The number of hydrogen-bond donors (Lipinski definition) is 0. The lowest BCUT2D eigenvalue weighted by atomic mass is 10.1. The minimum atomic E-state index is -0.207. The lowest BCUT2D eigenvalue weighted by molar-refractivity contribution is 0.629. The molecule has 1 heterocycles. The van der Waals surface area contributed by atoms with Crippen LogP contribution in [0, 0.1) is 19.7 Å². The first-order chi connectivity index (χ1) is 6.16. The smallest absolute Gasteiger partial charge is 0.123 e. The Morgan fingerprint density at radius 2 is 1.92 bits per heavy atom. The van der Waals surface area contributed by atoms with Gasteiger partial charge in [-0.3, -0.25) is 4.98 Å². The molecule has 1 nitrogen and oxygen atoms in total. The zero-order valence-electron chi connectivity index (χ0n) is 7.63. The molecule has 0 aliphatic rings. The van der Waals surface area contributed by atoms with Crippen molar-refractivity contribution in [2.45, 2.75) is 13.8 Å². The van der Waals surface area contributed by atoms with Gasteiger partial charge in [0.25, 0.3) is 0 Å². The van der Waals surface area contributed by atoms with Crippen LogP contribution in [0.25, 0.3) is 10.9 Å². The van der Waals surface area contributed by atoms with Gasteiger partial charge in [-0.15, -0.1) is 0 Å². The second-order valence-electron chi connectivity index (χ2n) is 3.24. The van der Waals surface area contributed by atoms with Gasteiger partial charge in [0.2, 0.25) is 0 Å². The first-order valence-corrected chi connectivity index (χ1v) is 4.20. The van der Waals surface area contributed by atoms with Gasteiger partial charge in [-0.1, -0.05) is 0 Å². The van der Waals surface area contributed by atoms with Crippen molar-refractivity contribution in [3.8, 4) is 0 Å². The molecule has 66 valence electrons. The average Bonchev–Trinajstić information content (AvgIpc) is 2.06. The van der Waals surface area contributed by atoms with E-state index in [0.29, 0.717) is 0 Å². The number of aryl methyl sites for hydroxylation is 2. The van der Waals surface area contributed by atoms with Crippen LogP contribution in [0.5, 0.6) is 0 Å². The van der Waals surface area contributed by atoms with E-state index in [0.717, 1.165) is 22.2 Å². The third-order valence-corrected chi connectivity index (χ3v) is 2.11. The fourth-order valence-electron chi connectivity index (χ4n) is 1.53. The van der Waals surface area contributed by atoms with Gasteiger partial charge in [-0.2, -0.15) is 0 Å². The van der Waals surface area contributed by atoms with Crippen molar-refractivity contribution in [1.82, 2.24) is 4.98 Å². The summed E-state index contributed by atoms with van der Waals surface area (Å²) in [5.74, 6) is -0.207. The van der Waals surface area contributed by atoms with E-state index in [1.165, 1.54) is 12.1 Å². The molecule has 1 aromatic carbocycles. The zero-order chi connectivity index (χ0) is 9.42. The summed E-state index contributed by atoms with van der Waals surface area (Å²) < 4.78 is 12.9. The number of fused-ring (bicyclic) bond motifs is 1. The summed E-state index contributed by atoms with van der Waals surface area (Å²) in [5.41, 5.74) is 2.90.